The topological polar surface area (TPSA) is 70.4 Å². The van der Waals surface area contributed by atoms with E-state index >= 15 is 0 Å². The van der Waals surface area contributed by atoms with Crippen molar-refractivity contribution in [3.05, 3.63) is 58.3 Å². The highest BCUT2D eigenvalue weighted by Gasteiger charge is 2.18. The van der Waals surface area contributed by atoms with Gasteiger partial charge in [0.15, 0.2) is 0 Å². The van der Waals surface area contributed by atoms with Crippen molar-refractivity contribution in [1.82, 2.24) is 15.2 Å². The van der Waals surface area contributed by atoms with Gasteiger partial charge in [-0.1, -0.05) is 12.1 Å². The van der Waals surface area contributed by atoms with Gasteiger partial charge in [-0.05, 0) is 52.2 Å². The Hall–Kier alpha value is -2.64. The number of benzene rings is 1. The normalized spacial score (nSPS) is 12.2. The molecule has 0 saturated carbocycles. The fourth-order valence-electron chi connectivity index (χ4n) is 2.79. The van der Waals surface area contributed by atoms with Crippen LogP contribution in [0, 0.1) is 13.8 Å². The SMILES string of the molecule is Cc1ccc([C@@H](CNC(=O)Nc2cccc(-c3csc(C)n3)c2)N(C)C)o1. The summed E-state index contributed by atoms with van der Waals surface area (Å²) in [5, 5.41) is 8.84. The summed E-state index contributed by atoms with van der Waals surface area (Å²) >= 11 is 1.61. The molecule has 0 spiro atoms. The van der Waals surface area contributed by atoms with E-state index in [0.29, 0.717) is 6.54 Å². The molecule has 0 aliphatic carbocycles. The Morgan fingerprint density at radius 2 is 2.07 bits per heavy atom. The summed E-state index contributed by atoms with van der Waals surface area (Å²) in [5.41, 5.74) is 2.63. The first-order chi connectivity index (χ1) is 12.9. The molecule has 1 aromatic carbocycles. The third kappa shape index (κ3) is 4.96. The van der Waals surface area contributed by atoms with Gasteiger partial charge in [-0.15, -0.1) is 11.3 Å². The molecular formula is C20H24N4O2S. The van der Waals surface area contributed by atoms with Gasteiger partial charge in [0.05, 0.1) is 16.7 Å². The fourth-order valence-corrected chi connectivity index (χ4v) is 3.41. The summed E-state index contributed by atoms with van der Waals surface area (Å²) < 4.78 is 5.70. The van der Waals surface area contributed by atoms with Crippen molar-refractivity contribution in [3.8, 4) is 11.3 Å². The van der Waals surface area contributed by atoms with E-state index in [1.54, 1.807) is 11.3 Å². The molecule has 0 aliphatic rings. The zero-order valence-corrected chi connectivity index (χ0v) is 16.8. The van der Waals surface area contributed by atoms with Crippen LogP contribution in [0.15, 0.2) is 46.2 Å². The van der Waals surface area contributed by atoms with Crippen molar-refractivity contribution >= 4 is 23.1 Å². The van der Waals surface area contributed by atoms with Crippen molar-refractivity contribution in [1.29, 1.82) is 0 Å². The molecule has 2 aromatic heterocycles. The molecule has 27 heavy (non-hydrogen) atoms. The Kier molecular flexibility index (Phi) is 5.93. The van der Waals surface area contributed by atoms with Crippen LogP contribution in [0.2, 0.25) is 0 Å². The number of carbonyl (C=O) groups excluding carboxylic acids is 1. The smallest absolute Gasteiger partial charge is 0.319 e. The minimum atomic E-state index is -0.253. The summed E-state index contributed by atoms with van der Waals surface area (Å²) in [6.07, 6.45) is 0. The highest BCUT2D eigenvalue weighted by atomic mass is 32.1. The molecule has 7 heteroatoms. The third-order valence-electron chi connectivity index (χ3n) is 4.20. The molecule has 0 aliphatic heterocycles. The highest BCUT2D eigenvalue weighted by Crippen LogP contribution is 2.24. The van der Waals surface area contributed by atoms with Crippen LogP contribution < -0.4 is 10.6 Å². The Morgan fingerprint density at radius 3 is 2.70 bits per heavy atom. The van der Waals surface area contributed by atoms with Crippen molar-refractivity contribution in [2.45, 2.75) is 19.9 Å². The lowest BCUT2D eigenvalue weighted by Crippen LogP contribution is -2.36. The second-order valence-electron chi connectivity index (χ2n) is 6.60. The summed E-state index contributed by atoms with van der Waals surface area (Å²) in [5.74, 6) is 1.69. The summed E-state index contributed by atoms with van der Waals surface area (Å²) in [6, 6.07) is 11.3. The number of carbonyl (C=O) groups is 1. The van der Waals surface area contributed by atoms with Gasteiger partial charge in [-0.2, -0.15) is 0 Å². The molecule has 0 fully saturated rings. The van der Waals surface area contributed by atoms with E-state index in [1.807, 2.05) is 74.6 Å². The summed E-state index contributed by atoms with van der Waals surface area (Å²) in [6.45, 7) is 4.33. The summed E-state index contributed by atoms with van der Waals surface area (Å²) in [4.78, 5) is 18.9. The number of furan rings is 1. The number of thiazole rings is 1. The average molecular weight is 385 g/mol. The molecule has 142 valence electrons. The van der Waals surface area contributed by atoms with E-state index in [-0.39, 0.29) is 12.1 Å². The Bertz CT molecular complexity index is 916. The Morgan fingerprint density at radius 1 is 1.26 bits per heavy atom. The fraction of sp³-hybridized carbons (Fsp3) is 0.300. The van der Waals surface area contributed by atoms with E-state index in [1.165, 1.54) is 0 Å². The molecule has 2 heterocycles. The van der Waals surface area contributed by atoms with E-state index in [0.717, 1.165) is 33.5 Å². The number of nitrogens with one attached hydrogen (secondary N) is 2. The molecule has 2 N–H and O–H groups in total. The molecule has 0 radical (unpaired) electrons. The monoisotopic (exact) mass is 384 g/mol. The van der Waals surface area contributed by atoms with Gasteiger partial charge in [0.1, 0.15) is 11.5 Å². The zero-order valence-electron chi connectivity index (χ0n) is 15.9. The molecule has 1 atom stereocenters. The van der Waals surface area contributed by atoms with E-state index < -0.39 is 0 Å². The number of aryl methyl sites for hydroxylation is 2. The third-order valence-corrected chi connectivity index (χ3v) is 4.98. The Balaban J connectivity index is 1.62. The van der Waals surface area contributed by atoms with Crippen LogP contribution in [-0.2, 0) is 0 Å². The lowest BCUT2D eigenvalue weighted by Gasteiger charge is -2.22. The van der Waals surface area contributed by atoms with Gasteiger partial charge >= 0.3 is 6.03 Å². The second-order valence-corrected chi connectivity index (χ2v) is 7.66. The number of hydrogen-bond acceptors (Lipinski definition) is 5. The van der Waals surface area contributed by atoms with Crippen LogP contribution in [0.3, 0.4) is 0 Å². The lowest BCUT2D eigenvalue weighted by molar-refractivity contribution is 0.232. The molecule has 6 nitrogen and oxygen atoms in total. The number of nitrogens with zero attached hydrogens (tertiary/aromatic N) is 2. The number of anilines is 1. The molecule has 0 bridgehead atoms. The maximum atomic E-state index is 12.3. The van der Waals surface area contributed by atoms with E-state index in [4.69, 9.17) is 4.42 Å². The predicted molar refractivity (Wildman–Crippen MR) is 109 cm³/mol. The second kappa shape index (κ2) is 8.37. The van der Waals surface area contributed by atoms with Crippen LogP contribution in [-0.4, -0.2) is 36.6 Å². The lowest BCUT2D eigenvalue weighted by atomic mass is 10.1. The van der Waals surface area contributed by atoms with Crippen molar-refractivity contribution in [2.75, 3.05) is 26.0 Å². The van der Waals surface area contributed by atoms with Crippen molar-refractivity contribution in [3.63, 3.8) is 0 Å². The van der Waals surface area contributed by atoms with Crippen LogP contribution >= 0.6 is 11.3 Å². The van der Waals surface area contributed by atoms with Gasteiger partial charge in [0, 0.05) is 23.2 Å². The quantitative estimate of drug-likeness (QED) is 0.659. The summed E-state index contributed by atoms with van der Waals surface area (Å²) in [7, 11) is 3.92. The number of likely N-dealkylation sites (N-methyl/N-ethyl adjacent to an activating group) is 1. The van der Waals surface area contributed by atoms with Gasteiger partial charge in [-0.3, -0.25) is 4.90 Å². The molecule has 3 aromatic rings. The average Bonchev–Trinajstić information content (AvgIpc) is 3.24. The van der Waals surface area contributed by atoms with Crippen LogP contribution in [0.4, 0.5) is 10.5 Å². The first-order valence-electron chi connectivity index (χ1n) is 8.72. The van der Waals surface area contributed by atoms with Crippen LogP contribution in [0.25, 0.3) is 11.3 Å². The number of urea groups is 1. The number of aromatic nitrogens is 1. The minimum Gasteiger partial charge on any atom is -0.465 e. The predicted octanol–water partition coefficient (Wildman–Crippen LogP) is 4.44. The van der Waals surface area contributed by atoms with Gasteiger partial charge in [0.2, 0.25) is 0 Å². The Labute approximate surface area is 163 Å². The molecular weight excluding hydrogens is 360 g/mol. The largest absolute Gasteiger partial charge is 0.465 e. The number of rotatable bonds is 6. The maximum absolute atomic E-state index is 12.3. The van der Waals surface area contributed by atoms with Crippen molar-refractivity contribution < 1.29 is 9.21 Å². The molecule has 0 saturated heterocycles. The first-order valence-corrected chi connectivity index (χ1v) is 9.60. The van der Waals surface area contributed by atoms with Crippen LogP contribution in [0.5, 0.6) is 0 Å². The number of amides is 2. The molecule has 3 rings (SSSR count). The standard InChI is InChI=1S/C20H24N4O2S/c1-13-8-9-19(26-13)18(24(3)4)11-21-20(25)23-16-7-5-6-15(10-16)17-12-27-14(2)22-17/h5-10,12,18H,11H2,1-4H3,(H2,21,23,25)/t18-/m1/s1. The molecule has 2 amide bonds. The van der Waals surface area contributed by atoms with Gasteiger partial charge < -0.3 is 15.1 Å². The van der Waals surface area contributed by atoms with E-state index in [9.17, 15) is 4.79 Å². The van der Waals surface area contributed by atoms with Crippen molar-refractivity contribution in [2.24, 2.45) is 0 Å². The zero-order chi connectivity index (χ0) is 19.4. The first kappa shape index (κ1) is 19.1. The minimum absolute atomic E-state index is 0.0336. The molecule has 0 unspecified atom stereocenters. The maximum Gasteiger partial charge on any atom is 0.319 e. The number of hydrogen-bond donors (Lipinski definition) is 2. The van der Waals surface area contributed by atoms with Gasteiger partial charge in [0.25, 0.3) is 0 Å². The highest BCUT2D eigenvalue weighted by molar-refractivity contribution is 7.09. The van der Waals surface area contributed by atoms with Crippen LogP contribution in [0.1, 0.15) is 22.6 Å². The van der Waals surface area contributed by atoms with E-state index in [2.05, 4.69) is 15.6 Å². The van der Waals surface area contributed by atoms with Gasteiger partial charge in [-0.25, -0.2) is 9.78 Å².